The molecular formula is C53H39N3O. The van der Waals surface area contributed by atoms with Gasteiger partial charge in [-0.3, -0.25) is 0 Å². The number of furan rings is 1. The van der Waals surface area contributed by atoms with Crippen molar-refractivity contribution in [3.63, 3.8) is 0 Å². The minimum Gasteiger partial charge on any atom is -0.456 e. The molecule has 0 N–H and O–H groups in total. The average molecular weight is 734 g/mol. The molecule has 0 fully saturated rings. The molecule has 11 rings (SSSR count). The molecule has 0 saturated carbocycles. The van der Waals surface area contributed by atoms with Crippen LogP contribution >= 0.6 is 0 Å². The molecule has 0 radical (unpaired) electrons. The number of aromatic nitrogens is 3. The molecule has 2 aromatic heterocycles. The molecule has 0 amide bonds. The first-order chi connectivity index (χ1) is 28.1. The lowest BCUT2D eigenvalue weighted by Gasteiger charge is -2.27. The van der Waals surface area contributed by atoms with Crippen molar-refractivity contribution in [2.45, 2.75) is 26.2 Å². The number of benzene rings is 7. The highest BCUT2D eigenvalue weighted by Crippen LogP contribution is 2.47. The molecule has 272 valence electrons. The Kier molecular flexibility index (Phi) is 7.85. The number of fused-ring (bicyclic) bond motifs is 7. The first kappa shape index (κ1) is 33.4. The molecule has 4 heteroatoms. The fraction of sp³-hybridized carbons (Fsp3) is 0.113. The van der Waals surface area contributed by atoms with Crippen molar-refractivity contribution in [1.29, 1.82) is 0 Å². The molecular weight excluding hydrogens is 695 g/mol. The smallest absolute Gasteiger partial charge is 0.163 e. The van der Waals surface area contributed by atoms with Crippen LogP contribution in [0.3, 0.4) is 0 Å². The van der Waals surface area contributed by atoms with Crippen LogP contribution in [0.15, 0.2) is 162 Å². The SMILES string of the molecule is CC1Cc2c(ccc3ccccc23)C=C1c1nc(-c2ccccc2)nc(C2c3c(oc4cccc(-c5ccc6ccc(-c7ccccc7)cc6c5)c34)C=CC2C)n1. The first-order valence-electron chi connectivity index (χ1n) is 19.9. The van der Waals surface area contributed by atoms with Gasteiger partial charge < -0.3 is 4.42 Å². The molecule has 7 aromatic carbocycles. The second-order valence-corrected chi connectivity index (χ2v) is 15.7. The van der Waals surface area contributed by atoms with Crippen molar-refractivity contribution in [3.05, 3.63) is 192 Å². The summed E-state index contributed by atoms with van der Waals surface area (Å²) in [6.45, 7) is 4.57. The zero-order valence-electron chi connectivity index (χ0n) is 31.9. The molecule has 0 bridgehead atoms. The predicted molar refractivity (Wildman–Crippen MR) is 235 cm³/mol. The van der Waals surface area contributed by atoms with Gasteiger partial charge in [0.15, 0.2) is 11.6 Å². The standard InChI is InChI=1S/C53H39N3O/c1-32-20-27-47-50(49-43(18-11-19-46(49)57-47)39-25-22-35-21-24-38(29-41(35)30-39)34-12-5-3-6-13-34)48(32)53-55-51(37-15-7-4-8-16-37)54-52(56-53)44-31-40-26-23-36-14-9-10-17-42(36)45(40)28-33(44)2/h3-27,29-33,48H,28H2,1-2H3. The molecule has 2 heterocycles. The number of rotatable bonds is 5. The summed E-state index contributed by atoms with van der Waals surface area (Å²) in [5.74, 6) is 3.23. The van der Waals surface area contributed by atoms with Crippen molar-refractivity contribution < 1.29 is 4.42 Å². The quantitative estimate of drug-likeness (QED) is 0.177. The number of allylic oxidation sites excluding steroid dienone is 2. The maximum absolute atomic E-state index is 6.70. The van der Waals surface area contributed by atoms with Crippen LogP contribution in [0.1, 0.15) is 53.9 Å². The third-order valence-electron chi connectivity index (χ3n) is 12.1. The summed E-state index contributed by atoms with van der Waals surface area (Å²) in [5.41, 5.74) is 11.4. The van der Waals surface area contributed by atoms with E-state index in [1.165, 1.54) is 43.8 Å². The highest BCUT2D eigenvalue weighted by Gasteiger charge is 2.35. The number of hydrogen-bond acceptors (Lipinski definition) is 4. The summed E-state index contributed by atoms with van der Waals surface area (Å²) in [5, 5.41) is 6.12. The summed E-state index contributed by atoms with van der Waals surface area (Å²) in [4.78, 5) is 16.0. The van der Waals surface area contributed by atoms with Gasteiger partial charge in [0.1, 0.15) is 17.2 Å². The molecule has 3 atom stereocenters. The van der Waals surface area contributed by atoms with Crippen LogP contribution in [0.5, 0.6) is 0 Å². The van der Waals surface area contributed by atoms with Crippen LogP contribution < -0.4 is 0 Å². The van der Waals surface area contributed by atoms with E-state index in [4.69, 9.17) is 19.4 Å². The van der Waals surface area contributed by atoms with Crippen molar-refractivity contribution >= 4 is 50.2 Å². The van der Waals surface area contributed by atoms with Gasteiger partial charge in [0, 0.05) is 22.1 Å². The van der Waals surface area contributed by atoms with E-state index >= 15 is 0 Å². The third kappa shape index (κ3) is 5.71. The average Bonchev–Trinajstić information content (AvgIpc) is 3.65. The lowest BCUT2D eigenvalue weighted by molar-refractivity contribution is 0.544. The van der Waals surface area contributed by atoms with Crippen LogP contribution in [0.4, 0.5) is 0 Å². The predicted octanol–water partition coefficient (Wildman–Crippen LogP) is 13.5. The molecule has 2 aliphatic rings. The Morgan fingerprint density at radius 2 is 1.30 bits per heavy atom. The Morgan fingerprint density at radius 3 is 2.14 bits per heavy atom. The summed E-state index contributed by atoms with van der Waals surface area (Å²) in [7, 11) is 0. The van der Waals surface area contributed by atoms with Gasteiger partial charge in [0.2, 0.25) is 0 Å². The topological polar surface area (TPSA) is 51.8 Å². The molecule has 0 aliphatic heterocycles. The maximum atomic E-state index is 6.70. The molecule has 0 saturated heterocycles. The van der Waals surface area contributed by atoms with Crippen LogP contribution in [0.2, 0.25) is 0 Å². The number of nitrogens with zero attached hydrogens (tertiary/aromatic N) is 3. The van der Waals surface area contributed by atoms with E-state index in [2.05, 4.69) is 178 Å². The van der Waals surface area contributed by atoms with Gasteiger partial charge in [-0.2, -0.15) is 0 Å². The van der Waals surface area contributed by atoms with Crippen LogP contribution in [-0.4, -0.2) is 15.0 Å². The van der Waals surface area contributed by atoms with Gasteiger partial charge in [-0.25, -0.2) is 15.0 Å². The van der Waals surface area contributed by atoms with Crippen molar-refractivity contribution in [3.8, 4) is 33.6 Å². The zero-order valence-corrected chi connectivity index (χ0v) is 31.9. The molecule has 4 nitrogen and oxygen atoms in total. The fourth-order valence-corrected chi connectivity index (χ4v) is 9.17. The Hall–Kier alpha value is -6.91. The number of hydrogen-bond donors (Lipinski definition) is 0. The van der Waals surface area contributed by atoms with Crippen LogP contribution in [0.25, 0.3) is 83.9 Å². The Labute approximate surface area is 331 Å². The maximum Gasteiger partial charge on any atom is 0.163 e. The molecule has 57 heavy (non-hydrogen) atoms. The largest absolute Gasteiger partial charge is 0.456 e. The van der Waals surface area contributed by atoms with Crippen LogP contribution in [0, 0.1) is 11.8 Å². The highest BCUT2D eigenvalue weighted by molar-refractivity contribution is 6.02. The first-order valence-corrected chi connectivity index (χ1v) is 19.9. The second-order valence-electron chi connectivity index (χ2n) is 15.7. The monoisotopic (exact) mass is 733 g/mol. The highest BCUT2D eigenvalue weighted by atomic mass is 16.3. The Morgan fingerprint density at radius 1 is 0.579 bits per heavy atom. The second kappa shape index (κ2) is 13.4. The summed E-state index contributed by atoms with van der Waals surface area (Å²) < 4.78 is 6.70. The Balaban J connectivity index is 1.09. The van der Waals surface area contributed by atoms with Gasteiger partial charge in [-0.15, -0.1) is 0 Å². The summed E-state index contributed by atoms with van der Waals surface area (Å²) in [6, 6.07) is 54.0. The van der Waals surface area contributed by atoms with Gasteiger partial charge in [-0.1, -0.05) is 153 Å². The van der Waals surface area contributed by atoms with E-state index in [9.17, 15) is 0 Å². The lowest BCUT2D eigenvalue weighted by atomic mass is 9.79. The van der Waals surface area contributed by atoms with Gasteiger partial charge in [0.05, 0.1) is 5.92 Å². The van der Waals surface area contributed by atoms with E-state index < -0.39 is 0 Å². The minimum absolute atomic E-state index is 0.111. The van der Waals surface area contributed by atoms with Crippen LogP contribution in [-0.2, 0) is 6.42 Å². The minimum atomic E-state index is -0.155. The fourth-order valence-electron chi connectivity index (χ4n) is 9.17. The van der Waals surface area contributed by atoms with E-state index in [1.807, 2.05) is 6.07 Å². The molecule has 0 spiro atoms. The van der Waals surface area contributed by atoms with E-state index in [1.54, 1.807) is 0 Å². The molecule has 3 unspecified atom stereocenters. The van der Waals surface area contributed by atoms with Gasteiger partial charge in [-0.05, 0) is 104 Å². The lowest BCUT2D eigenvalue weighted by Crippen LogP contribution is -2.20. The van der Waals surface area contributed by atoms with E-state index in [-0.39, 0.29) is 17.8 Å². The normalized spacial score (nSPS) is 17.4. The van der Waals surface area contributed by atoms with E-state index in [0.29, 0.717) is 5.82 Å². The van der Waals surface area contributed by atoms with Crippen molar-refractivity contribution in [2.24, 2.45) is 11.8 Å². The van der Waals surface area contributed by atoms with Gasteiger partial charge >= 0.3 is 0 Å². The van der Waals surface area contributed by atoms with Crippen molar-refractivity contribution in [2.75, 3.05) is 0 Å². The summed E-state index contributed by atoms with van der Waals surface area (Å²) >= 11 is 0. The Bertz CT molecular complexity index is 3080. The van der Waals surface area contributed by atoms with Crippen molar-refractivity contribution in [1.82, 2.24) is 15.0 Å². The van der Waals surface area contributed by atoms with E-state index in [0.717, 1.165) is 62.6 Å². The van der Waals surface area contributed by atoms with Gasteiger partial charge in [0.25, 0.3) is 0 Å². The molecule has 9 aromatic rings. The zero-order chi connectivity index (χ0) is 38.0. The molecule has 2 aliphatic carbocycles. The summed E-state index contributed by atoms with van der Waals surface area (Å²) in [6.07, 6.45) is 7.62. The third-order valence-corrected chi connectivity index (χ3v) is 12.1.